The third-order valence-electron chi connectivity index (χ3n) is 2.19. The van der Waals surface area contributed by atoms with E-state index in [1.807, 2.05) is 24.3 Å². The van der Waals surface area contributed by atoms with Crippen LogP contribution in [0.1, 0.15) is 5.56 Å². The molecule has 0 radical (unpaired) electrons. The maximum absolute atomic E-state index is 9.56. The van der Waals surface area contributed by atoms with Crippen molar-refractivity contribution in [1.29, 1.82) is 0 Å². The number of benzene rings is 2. The summed E-state index contributed by atoms with van der Waals surface area (Å²) in [4.78, 5) is 4.24. The molecule has 0 saturated carbocycles. The van der Waals surface area contributed by atoms with Crippen LogP contribution in [0.3, 0.4) is 0 Å². The maximum Gasteiger partial charge on any atom is 0.128 e. The molecule has 0 atom stereocenters. The normalized spacial score (nSPS) is 10.9. The summed E-state index contributed by atoms with van der Waals surface area (Å²) < 4.78 is 1.15. The molecule has 0 amide bonds. The second kappa shape index (κ2) is 5.18. The van der Waals surface area contributed by atoms with E-state index in [9.17, 15) is 5.11 Å². The topological polar surface area (TPSA) is 52.8 Å². The van der Waals surface area contributed by atoms with Gasteiger partial charge in [-0.05, 0) is 59.0 Å². The van der Waals surface area contributed by atoms with E-state index in [4.69, 9.17) is 5.11 Å². The van der Waals surface area contributed by atoms with Crippen LogP contribution in [0.15, 0.2) is 47.5 Å². The van der Waals surface area contributed by atoms with Crippen molar-refractivity contribution in [3.05, 3.63) is 51.6 Å². The van der Waals surface area contributed by atoms with E-state index in [0.717, 1.165) is 9.26 Å². The summed E-state index contributed by atoms with van der Waals surface area (Å²) in [6, 6.07) is 12.1. The van der Waals surface area contributed by atoms with E-state index >= 15 is 0 Å². The Morgan fingerprint density at radius 3 is 2.35 bits per heavy atom. The van der Waals surface area contributed by atoms with Crippen molar-refractivity contribution in [1.82, 2.24) is 0 Å². The van der Waals surface area contributed by atoms with Crippen molar-refractivity contribution >= 4 is 34.5 Å². The van der Waals surface area contributed by atoms with Gasteiger partial charge in [-0.2, -0.15) is 0 Å². The average molecular weight is 339 g/mol. The van der Waals surface area contributed by atoms with Crippen molar-refractivity contribution in [2.75, 3.05) is 0 Å². The molecule has 3 nitrogen and oxygen atoms in total. The van der Waals surface area contributed by atoms with Crippen LogP contribution in [0.4, 0.5) is 5.69 Å². The van der Waals surface area contributed by atoms with E-state index in [1.165, 1.54) is 12.1 Å². The molecule has 0 fully saturated rings. The molecule has 2 rings (SSSR count). The molecule has 4 heteroatoms. The van der Waals surface area contributed by atoms with Gasteiger partial charge >= 0.3 is 0 Å². The Labute approximate surface area is 113 Å². The zero-order valence-electron chi connectivity index (χ0n) is 8.84. The van der Waals surface area contributed by atoms with Crippen LogP contribution in [0.2, 0.25) is 0 Å². The second-order valence-corrected chi connectivity index (χ2v) is 4.72. The molecular formula is C13H10INO2. The highest BCUT2D eigenvalue weighted by Gasteiger charge is 1.98. The van der Waals surface area contributed by atoms with Gasteiger partial charge < -0.3 is 10.2 Å². The minimum absolute atomic E-state index is 0.0132. The van der Waals surface area contributed by atoms with E-state index in [0.29, 0.717) is 5.56 Å². The first-order valence-corrected chi connectivity index (χ1v) is 6.04. The number of halogens is 1. The molecule has 2 aromatic carbocycles. The van der Waals surface area contributed by atoms with Crippen LogP contribution in [-0.2, 0) is 0 Å². The van der Waals surface area contributed by atoms with Crippen LogP contribution in [0.25, 0.3) is 0 Å². The molecule has 0 unspecified atom stereocenters. The highest BCUT2D eigenvalue weighted by molar-refractivity contribution is 14.1. The SMILES string of the molecule is Oc1ccc(C=Nc2ccc(I)cc2)c(O)c1. The number of nitrogens with zero attached hydrogens (tertiary/aromatic N) is 1. The van der Waals surface area contributed by atoms with E-state index in [-0.39, 0.29) is 11.5 Å². The van der Waals surface area contributed by atoms with E-state index in [2.05, 4.69) is 27.6 Å². The highest BCUT2D eigenvalue weighted by atomic mass is 127. The summed E-state index contributed by atoms with van der Waals surface area (Å²) in [6.07, 6.45) is 1.57. The fourth-order valence-corrected chi connectivity index (χ4v) is 1.67. The lowest BCUT2D eigenvalue weighted by Crippen LogP contribution is -1.81. The number of aliphatic imine (C=N–C) groups is 1. The predicted molar refractivity (Wildman–Crippen MR) is 76.2 cm³/mol. The van der Waals surface area contributed by atoms with Gasteiger partial charge in [0.15, 0.2) is 0 Å². The Morgan fingerprint density at radius 2 is 1.71 bits per heavy atom. The van der Waals surface area contributed by atoms with Crippen LogP contribution in [-0.4, -0.2) is 16.4 Å². The van der Waals surface area contributed by atoms with Crippen LogP contribution in [0.5, 0.6) is 11.5 Å². The largest absolute Gasteiger partial charge is 0.508 e. The molecule has 2 N–H and O–H groups in total. The quantitative estimate of drug-likeness (QED) is 0.650. The van der Waals surface area contributed by atoms with Gasteiger partial charge in [-0.15, -0.1) is 0 Å². The molecule has 0 bridgehead atoms. The van der Waals surface area contributed by atoms with E-state index in [1.54, 1.807) is 12.3 Å². The average Bonchev–Trinajstić information content (AvgIpc) is 2.30. The first-order valence-electron chi connectivity index (χ1n) is 4.97. The standard InChI is InChI=1S/C13H10INO2/c14-10-2-4-11(5-3-10)15-8-9-1-6-12(16)7-13(9)17/h1-8,16-17H. The number of phenolic OH excluding ortho intramolecular Hbond substituents is 2. The monoisotopic (exact) mass is 339 g/mol. The number of hydrogen-bond acceptors (Lipinski definition) is 3. The summed E-state index contributed by atoms with van der Waals surface area (Å²) in [7, 11) is 0. The first-order chi connectivity index (χ1) is 8.15. The predicted octanol–water partition coefficient (Wildman–Crippen LogP) is 3.45. The molecule has 0 aliphatic carbocycles. The van der Waals surface area contributed by atoms with Crippen molar-refractivity contribution in [2.45, 2.75) is 0 Å². The van der Waals surface area contributed by atoms with Gasteiger partial charge in [0.2, 0.25) is 0 Å². The van der Waals surface area contributed by atoms with Crippen LogP contribution >= 0.6 is 22.6 Å². The Balaban J connectivity index is 2.23. The zero-order chi connectivity index (χ0) is 12.3. The van der Waals surface area contributed by atoms with Crippen molar-refractivity contribution in [3.8, 4) is 11.5 Å². The Hall–Kier alpha value is -1.56. The van der Waals surface area contributed by atoms with Gasteiger partial charge in [0.25, 0.3) is 0 Å². The smallest absolute Gasteiger partial charge is 0.128 e. The number of aromatic hydroxyl groups is 2. The lowest BCUT2D eigenvalue weighted by atomic mass is 10.2. The summed E-state index contributed by atoms with van der Waals surface area (Å²) in [6.45, 7) is 0. The second-order valence-electron chi connectivity index (χ2n) is 3.48. The van der Waals surface area contributed by atoms with Crippen molar-refractivity contribution < 1.29 is 10.2 Å². The number of phenols is 2. The lowest BCUT2D eigenvalue weighted by molar-refractivity contribution is 0.450. The van der Waals surface area contributed by atoms with Crippen LogP contribution < -0.4 is 0 Å². The number of hydrogen-bond donors (Lipinski definition) is 2. The molecule has 2 aromatic rings. The fourth-order valence-electron chi connectivity index (χ4n) is 1.31. The summed E-state index contributed by atoms with van der Waals surface area (Å²) >= 11 is 2.23. The third-order valence-corrected chi connectivity index (χ3v) is 2.91. The van der Waals surface area contributed by atoms with Gasteiger partial charge in [0.05, 0.1) is 5.69 Å². The van der Waals surface area contributed by atoms with E-state index < -0.39 is 0 Å². The highest BCUT2D eigenvalue weighted by Crippen LogP contribution is 2.22. The van der Waals surface area contributed by atoms with Gasteiger partial charge in [-0.3, -0.25) is 4.99 Å². The Bertz CT molecular complexity index is 550. The molecular weight excluding hydrogens is 329 g/mol. The molecule has 0 aromatic heterocycles. The first kappa shape index (κ1) is 11.9. The third kappa shape index (κ3) is 3.20. The Morgan fingerprint density at radius 1 is 1.00 bits per heavy atom. The van der Waals surface area contributed by atoms with Gasteiger partial charge in [-0.1, -0.05) is 0 Å². The molecule has 0 heterocycles. The summed E-state index contributed by atoms with van der Waals surface area (Å²) in [5.74, 6) is 0.0492. The van der Waals surface area contributed by atoms with Crippen molar-refractivity contribution in [3.63, 3.8) is 0 Å². The molecule has 86 valence electrons. The Kier molecular flexibility index (Phi) is 3.63. The molecule has 17 heavy (non-hydrogen) atoms. The molecule has 0 saturated heterocycles. The maximum atomic E-state index is 9.56. The fraction of sp³-hybridized carbons (Fsp3) is 0. The zero-order valence-corrected chi connectivity index (χ0v) is 11.0. The minimum atomic E-state index is 0.0132. The summed E-state index contributed by atoms with van der Waals surface area (Å²) in [5, 5.41) is 18.7. The van der Waals surface area contributed by atoms with Gasteiger partial charge in [0.1, 0.15) is 11.5 Å². The lowest BCUT2D eigenvalue weighted by Gasteiger charge is -1.99. The molecule has 0 aliphatic rings. The van der Waals surface area contributed by atoms with Crippen molar-refractivity contribution in [2.24, 2.45) is 4.99 Å². The number of rotatable bonds is 2. The van der Waals surface area contributed by atoms with Crippen LogP contribution in [0, 0.1) is 3.57 Å². The van der Waals surface area contributed by atoms with Gasteiger partial charge in [-0.25, -0.2) is 0 Å². The molecule has 0 aliphatic heterocycles. The minimum Gasteiger partial charge on any atom is -0.508 e. The summed E-state index contributed by atoms with van der Waals surface area (Å²) in [5.41, 5.74) is 1.39. The molecule has 0 spiro atoms. The van der Waals surface area contributed by atoms with Gasteiger partial charge in [0, 0.05) is 21.4 Å².